The molecule has 1 aromatic carbocycles. The summed E-state index contributed by atoms with van der Waals surface area (Å²) in [5.41, 5.74) is 6.00. The van der Waals surface area contributed by atoms with Gasteiger partial charge in [-0.1, -0.05) is 23.4 Å². The van der Waals surface area contributed by atoms with Crippen LogP contribution in [-0.4, -0.2) is 26.6 Å². The monoisotopic (exact) mass is 232 g/mol. The molecule has 1 heterocycles. The Hall–Kier alpha value is -1.72. The molecule has 2 rings (SSSR count). The highest BCUT2D eigenvalue weighted by atomic mass is 16.3. The number of para-hydroxylation sites is 1. The molecule has 1 aromatic heterocycles. The minimum Gasteiger partial charge on any atom is -0.384 e. The molecule has 1 atom stereocenters. The first-order valence-electron chi connectivity index (χ1n) is 5.54. The fourth-order valence-electron chi connectivity index (χ4n) is 1.77. The van der Waals surface area contributed by atoms with E-state index in [1.165, 1.54) is 0 Å². The van der Waals surface area contributed by atoms with E-state index in [0.29, 0.717) is 18.7 Å². The van der Waals surface area contributed by atoms with E-state index in [1.807, 2.05) is 30.3 Å². The number of benzene rings is 1. The molecule has 5 nitrogen and oxygen atoms in total. The standard InChI is InChI=1S/C12H16N4O/c1-12(17,7-8-13)11-9-14-15-16(11)10-5-3-2-4-6-10/h2-6,9,17H,7-8,13H2,1H3. The van der Waals surface area contributed by atoms with Crippen molar-refractivity contribution in [3.8, 4) is 5.69 Å². The van der Waals surface area contributed by atoms with Crippen LogP contribution in [0, 0.1) is 0 Å². The van der Waals surface area contributed by atoms with E-state index in [4.69, 9.17) is 5.73 Å². The van der Waals surface area contributed by atoms with Crippen molar-refractivity contribution >= 4 is 0 Å². The van der Waals surface area contributed by atoms with Gasteiger partial charge < -0.3 is 10.8 Å². The van der Waals surface area contributed by atoms with Crippen LogP contribution in [0.4, 0.5) is 0 Å². The average Bonchev–Trinajstić information content (AvgIpc) is 2.79. The van der Waals surface area contributed by atoms with Crippen molar-refractivity contribution in [1.82, 2.24) is 15.0 Å². The summed E-state index contributed by atoms with van der Waals surface area (Å²) in [5, 5.41) is 18.2. The molecule has 1 unspecified atom stereocenters. The van der Waals surface area contributed by atoms with Gasteiger partial charge in [0.05, 0.1) is 17.6 Å². The van der Waals surface area contributed by atoms with Gasteiger partial charge in [0.2, 0.25) is 0 Å². The zero-order valence-corrected chi connectivity index (χ0v) is 9.74. The third kappa shape index (κ3) is 2.35. The molecule has 0 aliphatic carbocycles. The molecule has 5 heteroatoms. The first-order valence-corrected chi connectivity index (χ1v) is 5.54. The summed E-state index contributed by atoms with van der Waals surface area (Å²) in [6, 6.07) is 9.59. The summed E-state index contributed by atoms with van der Waals surface area (Å²) in [4.78, 5) is 0. The molecule has 17 heavy (non-hydrogen) atoms. The minimum absolute atomic E-state index is 0.410. The highest BCUT2D eigenvalue weighted by molar-refractivity contribution is 5.32. The van der Waals surface area contributed by atoms with Crippen LogP contribution in [0.1, 0.15) is 19.0 Å². The third-order valence-electron chi connectivity index (χ3n) is 2.73. The molecule has 0 radical (unpaired) electrons. The topological polar surface area (TPSA) is 77.0 Å². The van der Waals surface area contributed by atoms with Crippen LogP contribution in [0.5, 0.6) is 0 Å². The van der Waals surface area contributed by atoms with Crippen molar-refractivity contribution in [2.24, 2.45) is 5.73 Å². The Balaban J connectivity index is 2.42. The fourth-order valence-corrected chi connectivity index (χ4v) is 1.77. The van der Waals surface area contributed by atoms with Crippen LogP contribution in [0.2, 0.25) is 0 Å². The lowest BCUT2D eigenvalue weighted by molar-refractivity contribution is 0.0434. The van der Waals surface area contributed by atoms with Crippen LogP contribution in [0.3, 0.4) is 0 Å². The molecular formula is C12H16N4O. The fraction of sp³-hybridized carbons (Fsp3) is 0.333. The Bertz CT molecular complexity index is 478. The van der Waals surface area contributed by atoms with Gasteiger partial charge in [-0.05, 0) is 32.0 Å². The van der Waals surface area contributed by atoms with Crippen LogP contribution >= 0.6 is 0 Å². The maximum Gasteiger partial charge on any atom is 0.107 e. The first-order chi connectivity index (χ1) is 8.15. The predicted octanol–water partition coefficient (Wildman–Crippen LogP) is 0.824. The number of aliphatic hydroxyl groups is 1. The SMILES string of the molecule is CC(O)(CCN)c1cnnn1-c1ccccc1. The van der Waals surface area contributed by atoms with Crippen molar-refractivity contribution in [1.29, 1.82) is 0 Å². The lowest BCUT2D eigenvalue weighted by Crippen LogP contribution is -2.28. The van der Waals surface area contributed by atoms with E-state index in [9.17, 15) is 5.11 Å². The normalized spacial score (nSPS) is 14.5. The summed E-state index contributed by atoms with van der Waals surface area (Å²) in [6.45, 7) is 2.13. The highest BCUT2D eigenvalue weighted by Gasteiger charge is 2.27. The molecule has 0 aliphatic rings. The summed E-state index contributed by atoms with van der Waals surface area (Å²) in [6.07, 6.45) is 2.04. The predicted molar refractivity (Wildman–Crippen MR) is 64.6 cm³/mol. The van der Waals surface area contributed by atoms with E-state index < -0.39 is 5.60 Å². The molecule has 2 aromatic rings. The lowest BCUT2D eigenvalue weighted by Gasteiger charge is -2.22. The summed E-state index contributed by atoms with van der Waals surface area (Å²) in [5.74, 6) is 0. The van der Waals surface area contributed by atoms with Crippen LogP contribution in [0.15, 0.2) is 36.5 Å². The molecule has 0 bridgehead atoms. The Morgan fingerprint density at radius 2 is 2.06 bits per heavy atom. The van der Waals surface area contributed by atoms with E-state index in [0.717, 1.165) is 5.69 Å². The van der Waals surface area contributed by atoms with E-state index >= 15 is 0 Å². The Morgan fingerprint density at radius 1 is 1.35 bits per heavy atom. The molecule has 0 amide bonds. The smallest absolute Gasteiger partial charge is 0.107 e. The van der Waals surface area contributed by atoms with E-state index in [1.54, 1.807) is 17.8 Å². The van der Waals surface area contributed by atoms with Crippen molar-refractivity contribution < 1.29 is 5.11 Å². The van der Waals surface area contributed by atoms with Gasteiger partial charge in [0.25, 0.3) is 0 Å². The quantitative estimate of drug-likeness (QED) is 0.818. The number of nitrogens with zero attached hydrogens (tertiary/aromatic N) is 3. The second kappa shape index (κ2) is 4.65. The van der Waals surface area contributed by atoms with Gasteiger partial charge in [-0.25, -0.2) is 4.68 Å². The zero-order valence-electron chi connectivity index (χ0n) is 9.74. The van der Waals surface area contributed by atoms with Crippen LogP contribution in [-0.2, 0) is 5.60 Å². The Morgan fingerprint density at radius 3 is 2.71 bits per heavy atom. The molecule has 0 fully saturated rings. The highest BCUT2D eigenvalue weighted by Crippen LogP contribution is 2.24. The maximum atomic E-state index is 10.3. The van der Waals surface area contributed by atoms with Crippen molar-refractivity contribution in [3.05, 3.63) is 42.2 Å². The molecule has 90 valence electrons. The zero-order chi connectivity index (χ0) is 12.3. The maximum absolute atomic E-state index is 10.3. The molecule has 0 saturated carbocycles. The van der Waals surface area contributed by atoms with Gasteiger partial charge in [0.1, 0.15) is 5.60 Å². The summed E-state index contributed by atoms with van der Waals surface area (Å²) >= 11 is 0. The first kappa shape index (κ1) is 11.8. The number of hydrogen-bond donors (Lipinski definition) is 2. The van der Waals surface area contributed by atoms with Gasteiger partial charge in [-0.2, -0.15) is 0 Å². The number of aromatic nitrogens is 3. The molecule has 3 N–H and O–H groups in total. The average molecular weight is 232 g/mol. The number of hydrogen-bond acceptors (Lipinski definition) is 4. The van der Waals surface area contributed by atoms with Gasteiger partial charge in [-0.3, -0.25) is 0 Å². The second-order valence-electron chi connectivity index (χ2n) is 4.18. The van der Waals surface area contributed by atoms with Gasteiger partial charge in [0.15, 0.2) is 0 Å². The number of nitrogens with two attached hydrogens (primary N) is 1. The van der Waals surface area contributed by atoms with Gasteiger partial charge in [-0.15, -0.1) is 5.10 Å². The molecular weight excluding hydrogens is 216 g/mol. The van der Waals surface area contributed by atoms with Crippen LogP contribution < -0.4 is 5.73 Å². The van der Waals surface area contributed by atoms with E-state index in [-0.39, 0.29) is 0 Å². The lowest BCUT2D eigenvalue weighted by atomic mass is 9.98. The Labute approximate surface area is 99.9 Å². The largest absolute Gasteiger partial charge is 0.384 e. The second-order valence-corrected chi connectivity index (χ2v) is 4.18. The van der Waals surface area contributed by atoms with Crippen molar-refractivity contribution in [2.45, 2.75) is 18.9 Å². The summed E-state index contributed by atoms with van der Waals surface area (Å²) in [7, 11) is 0. The molecule has 0 saturated heterocycles. The minimum atomic E-state index is -1.02. The van der Waals surface area contributed by atoms with Crippen molar-refractivity contribution in [2.75, 3.05) is 6.54 Å². The van der Waals surface area contributed by atoms with Crippen LogP contribution in [0.25, 0.3) is 5.69 Å². The van der Waals surface area contributed by atoms with Gasteiger partial charge in [0, 0.05) is 0 Å². The molecule has 0 aliphatic heterocycles. The third-order valence-corrected chi connectivity index (χ3v) is 2.73. The Kier molecular flexibility index (Phi) is 3.21. The van der Waals surface area contributed by atoms with E-state index in [2.05, 4.69) is 10.3 Å². The van der Waals surface area contributed by atoms with Gasteiger partial charge >= 0.3 is 0 Å². The molecule has 0 spiro atoms. The summed E-state index contributed by atoms with van der Waals surface area (Å²) < 4.78 is 1.63. The van der Waals surface area contributed by atoms with Crippen molar-refractivity contribution in [3.63, 3.8) is 0 Å². The number of rotatable bonds is 4.